The molecule has 36 heavy (non-hydrogen) atoms. The van der Waals surface area contributed by atoms with Crippen LogP contribution in [0.5, 0.6) is 0 Å². The Labute approximate surface area is 222 Å². The van der Waals surface area contributed by atoms with Crippen molar-refractivity contribution in [3.8, 4) is 0 Å². The average molecular weight is 565 g/mol. The van der Waals surface area contributed by atoms with E-state index in [2.05, 4.69) is 29.8 Å². The van der Waals surface area contributed by atoms with Crippen molar-refractivity contribution in [3.63, 3.8) is 0 Å². The van der Waals surface area contributed by atoms with E-state index in [4.69, 9.17) is 14.7 Å². The Morgan fingerprint density at radius 1 is 1.14 bits per heavy atom. The molecule has 5 rings (SSSR count). The molecule has 1 aliphatic rings. The maximum atomic E-state index is 13.7. The first kappa shape index (κ1) is 24.9. The van der Waals surface area contributed by atoms with Crippen LogP contribution in [0.25, 0.3) is 11.0 Å². The molecule has 0 aliphatic carbocycles. The molecule has 0 unspecified atom stereocenters. The van der Waals surface area contributed by atoms with E-state index in [1.807, 2.05) is 48.5 Å². The van der Waals surface area contributed by atoms with Crippen molar-refractivity contribution in [2.45, 2.75) is 50.6 Å². The third-order valence-corrected chi connectivity index (χ3v) is 8.13. The molecule has 8 heteroatoms. The Balaban J connectivity index is 1.55. The smallest absolute Gasteiger partial charge is 0.264 e. The summed E-state index contributed by atoms with van der Waals surface area (Å²) in [6, 6.07) is 18.9. The predicted molar refractivity (Wildman–Crippen MR) is 146 cm³/mol. The van der Waals surface area contributed by atoms with Gasteiger partial charge in [0, 0.05) is 22.0 Å². The van der Waals surface area contributed by atoms with Crippen LogP contribution in [-0.2, 0) is 24.3 Å². The summed E-state index contributed by atoms with van der Waals surface area (Å²) < 4.78 is 8.64. The number of ether oxygens (including phenoxy) is 1. The van der Waals surface area contributed by atoms with Crippen molar-refractivity contribution >= 4 is 44.5 Å². The van der Waals surface area contributed by atoms with E-state index >= 15 is 0 Å². The van der Waals surface area contributed by atoms with Gasteiger partial charge in [0.25, 0.3) is 5.56 Å². The van der Waals surface area contributed by atoms with Crippen molar-refractivity contribution in [1.29, 1.82) is 0 Å². The highest BCUT2D eigenvalue weighted by atomic mass is 79.9. The van der Waals surface area contributed by atoms with Gasteiger partial charge in [-0.3, -0.25) is 14.2 Å². The molecule has 0 N–H and O–H groups in total. The molecule has 0 saturated heterocycles. The molecule has 0 fully saturated rings. The van der Waals surface area contributed by atoms with Gasteiger partial charge in [0.1, 0.15) is 0 Å². The van der Waals surface area contributed by atoms with E-state index in [0.717, 1.165) is 27.7 Å². The number of thioether (sulfide) groups is 1. The zero-order valence-corrected chi connectivity index (χ0v) is 22.6. The molecule has 0 radical (unpaired) electrons. The van der Waals surface area contributed by atoms with Crippen LogP contribution in [0.3, 0.4) is 0 Å². The van der Waals surface area contributed by atoms with Gasteiger partial charge in [-0.2, -0.15) is 0 Å². The number of aromatic nitrogens is 3. The maximum Gasteiger partial charge on any atom is 0.264 e. The lowest BCUT2D eigenvalue weighted by molar-refractivity contribution is -0.0573. The second kappa shape index (κ2) is 10.3. The van der Waals surface area contributed by atoms with Crippen LogP contribution in [0.4, 0.5) is 0 Å². The van der Waals surface area contributed by atoms with Gasteiger partial charge in [-0.25, -0.2) is 9.97 Å². The first-order valence-corrected chi connectivity index (χ1v) is 13.7. The van der Waals surface area contributed by atoms with E-state index in [9.17, 15) is 9.59 Å². The summed E-state index contributed by atoms with van der Waals surface area (Å²) in [5, 5.41) is 0.955. The number of carbonyl (C=O) groups excluding carboxylic acids is 1. The number of hydrogen-bond acceptors (Lipinski definition) is 6. The molecule has 184 valence electrons. The van der Waals surface area contributed by atoms with Gasteiger partial charge < -0.3 is 4.74 Å². The number of fused-ring (bicyclic) bond motifs is 2. The molecular formula is C28H26BrN3O3S. The maximum absolute atomic E-state index is 13.7. The number of halogens is 1. The van der Waals surface area contributed by atoms with Crippen LogP contribution >= 0.6 is 27.7 Å². The van der Waals surface area contributed by atoms with Crippen LogP contribution in [0.1, 0.15) is 47.4 Å². The van der Waals surface area contributed by atoms with Gasteiger partial charge in [0.2, 0.25) is 0 Å². The number of carbonyl (C=O) groups is 1. The fraction of sp³-hybridized carbons (Fsp3) is 0.286. The second-order valence-electron chi connectivity index (χ2n) is 9.22. The van der Waals surface area contributed by atoms with Crippen LogP contribution in [0.2, 0.25) is 0 Å². The minimum Gasteiger partial charge on any atom is -0.370 e. The standard InChI is InChI=1S/C28H26BrN3O3S/c1-3-28(2)14-23-20(16-35-28)13-22-25(30-23)31-27(32(26(22)34)15-18-7-5-4-6-8-18)36-17-24(33)19-9-11-21(29)12-10-19/h4-13H,3,14-17H2,1-2H3/t28-/m0/s1. The van der Waals surface area contributed by atoms with Gasteiger partial charge >= 0.3 is 0 Å². The fourth-order valence-corrected chi connectivity index (χ4v) is 5.38. The molecule has 0 saturated carbocycles. The summed E-state index contributed by atoms with van der Waals surface area (Å²) in [4.78, 5) is 36.2. The van der Waals surface area contributed by atoms with E-state index in [-0.39, 0.29) is 22.7 Å². The Morgan fingerprint density at radius 3 is 2.61 bits per heavy atom. The molecule has 2 aromatic carbocycles. The van der Waals surface area contributed by atoms with Crippen molar-refractivity contribution in [2.75, 3.05) is 5.75 Å². The van der Waals surface area contributed by atoms with Gasteiger partial charge in [-0.05, 0) is 37.1 Å². The van der Waals surface area contributed by atoms with E-state index < -0.39 is 0 Å². The first-order valence-electron chi connectivity index (χ1n) is 11.9. The fourth-order valence-electron chi connectivity index (χ4n) is 4.23. The second-order valence-corrected chi connectivity index (χ2v) is 11.1. The van der Waals surface area contributed by atoms with Gasteiger partial charge in [-0.1, -0.05) is 77.1 Å². The largest absolute Gasteiger partial charge is 0.370 e. The van der Waals surface area contributed by atoms with Crippen molar-refractivity contribution in [3.05, 3.63) is 97.9 Å². The number of hydrogen-bond donors (Lipinski definition) is 0. The first-order chi connectivity index (χ1) is 17.3. The zero-order chi connectivity index (χ0) is 25.3. The van der Waals surface area contributed by atoms with Crippen LogP contribution in [-0.4, -0.2) is 31.7 Å². The summed E-state index contributed by atoms with van der Waals surface area (Å²) in [6.07, 6.45) is 1.55. The van der Waals surface area contributed by atoms with Gasteiger partial charge in [0.15, 0.2) is 16.6 Å². The highest BCUT2D eigenvalue weighted by Gasteiger charge is 2.31. The number of ketones is 1. The molecule has 0 amide bonds. The highest BCUT2D eigenvalue weighted by molar-refractivity contribution is 9.10. The minimum atomic E-state index is -0.273. The Morgan fingerprint density at radius 2 is 1.89 bits per heavy atom. The van der Waals surface area contributed by atoms with Crippen molar-refractivity contribution in [2.24, 2.45) is 0 Å². The molecule has 0 bridgehead atoms. The Bertz CT molecular complexity index is 1490. The molecule has 0 spiro atoms. The van der Waals surface area contributed by atoms with Crippen molar-refractivity contribution in [1.82, 2.24) is 14.5 Å². The van der Waals surface area contributed by atoms with E-state index in [0.29, 0.717) is 41.3 Å². The third kappa shape index (κ3) is 5.16. The lowest BCUT2D eigenvalue weighted by atomic mass is 9.91. The number of nitrogens with zero attached hydrogens (tertiary/aromatic N) is 3. The van der Waals surface area contributed by atoms with Crippen LogP contribution < -0.4 is 5.56 Å². The summed E-state index contributed by atoms with van der Waals surface area (Å²) in [7, 11) is 0. The normalized spacial score (nSPS) is 17.2. The van der Waals surface area contributed by atoms with E-state index in [1.165, 1.54) is 11.8 Å². The number of rotatable bonds is 7. The molecule has 6 nitrogen and oxygen atoms in total. The number of benzene rings is 2. The van der Waals surface area contributed by atoms with Gasteiger partial charge in [-0.15, -0.1) is 0 Å². The van der Waals surface area contributed by atoms with E-state index in [1.54, 1.807) is 16.7 Å². The molecule has 1 atom stereocenters. The third-order valence-electron chi connectivity index (χ3n) is 6.63. The summed E-state index contributed by atoms with van der Waals surface area (Å²) in [5.74, 6) is 0.142. The number of Topliss-reactive ketones (excluding diaryl/α,β-unsaturated/α-hetero) is 1. The molecular weight excluding hydrogens is 538 g/mol. The predicted octanol–water partition coefficient (Wildman–Crippen LogP) is 5.82. The quantitative estimate of drug-likeness (QED) is 0.160. The van der Waals surface area contributed by atoms with Crippen LogP contribution in [0.15, 0.2) is 75.1 Å². The summed E-state index contributed by atoms with van der Waals surface area (Å²) in [5.41, 5.74) is 3.44. The van der Waals surface area contributed by atoms with Crippen molar-refractivity contribution < 1.29 is 9.53 Å². The Kier molecular flexibility index (Phi) is 7.10. The SMILES string of the molecule is CC[C@@]1(C)Cc2nc3nc(SCC(=O)c4ccc(Br)cc4)n(Cc4ccccc4)c(=O)c3cc2CO1. The average Bonchev–Trinajstić information content (AvgIpc) is 2.89. The molecule has 3 heterocycles. The summed E-state index contributed by atoms with van der Waals surface area (Å²) >= 11 is 4.67. The molecule has 1 aliphatic heterocycles. The molecule has 2 aromatic heterocycles. The number of pyridine rings is 1. The summed E-state index contributed by atoms with van der Waals surface area (Å²) in [6.45, 7) is 4.98. The topological polar surface area (TPSA) is 74.1 Å². The minimum absolute atomic E-state index is 0.0256. The Hall–Kier alpha value is -2.81. The van der Waals surface area contributed by atoms with Crippen LogP contribution in [0, 0.1) is 0 Å². The zero-order valence-electron chi connectivity index (χ0n) is 20.2. The molecule has 4 aromatic rings. The van der Waals surface area contributed by atoms with Gasteiger partial charge in [0.05, 0.1) is 35.6 Å². The highest BCUT2D eigenvalue weighted by Crippen LogP contribution is 2.31. The monoisotopic (exact) mass is 563 g/mol. The lowest BCUT2D eigenvalue weighted by Crippen LogP contribution is -2.35. The lowest BCUT2D eigenvalue weighted by Gasteiger charge is -2.33.